The lowest BCUT2D eigenvalue weighted by atomic mass is 10.2. The van der Waals surface area contributed by atoms with Crippen LogP contribution in [0.4, 0.5) is 11.4 Å². The highest BCUT2D eigenvalue weighted by Crippen LogP contribution is 2.33. The lowest BCUT2D eigenvalue weighted by Gasteiger charge is -2.29. The Labute approximate surface area is 172 Å². The smallest absolute Gasteiger partial charge is 0.247 e. The molecule has 0 aliphatic rings. The number of rotatable bonds is 8. The van der Waals surface area contributed by atoms with Crippen molar-refractivity contribution in [1.29, 1.82) is 0 Å². The van der Waals surface area contributed by atoms with Crippen LogP contribution in [0.2, 0.25) is 0 Å². The minimum Gasteiger partial charge on any atom is -0.495 e. The predicted octanol–water partition coefficient (Wildman–Crippen LogP) is 3.58. The molecule has 1 amide bonds. The summed E-state index contributed by atoms with van der Waals surface area (Å²) in [4.78, 5) is 12.9. The van der Waals surface area contributed by atoms with Gasteiger partial charge < -0.3 is 14.8 Å². The second-order valence-corrected chi connectivity index (χ2v) is 8.95. The van der Waals surface area contributed by atoms with Gasteiger partial charge >= 0.3 is 0 Å². The number of methoxy groups -OCH3 is 1. The maximum absolute atomic E-state index is 12.9. The molecule has 1 N–H and O–H groups in total. The van der Waals surface area contributed by atoms with Crippen LogP contribution in [0.1, 0.15) is 26.3 Å². The fourth-order valence-electron chi connectivity index (χ4n) is 2.92. The number of amides is 1. The summed E-state index contributed by atoms with van der Waals surface area (Å²) in [6, 6.07) is 11.1. The molecule has 7 nitrogen and oxygen atoms in total. The Hall–Kier alpha value is -2.74. The Balaban J connectivity index is 2.35. The van der Waals surface area contributed by atoms with Crippen LogP contribution < -0.4 is 19.1 Å². The van der Waals surface area contributed by atoms with Crippen LogP contribution in [0.3, 0.4) is 0 Å². The molecule has 1 atom stereocenters. The van der Waals surface area contributed by atoms with Crippen molar-refractivity contribution in [3.05, 3.63) is 48.0 Å². The quantitative estimate of drug-likeness (QED) is 0.706. The first-order valence-corrected chi connectivity index (χ1v) is 11.1. The Bertz CT molecular complexity index is 973. The van der Waals surface area contributed by atoms with Gasteiger partial charge in [-0.15, -0.1) is 0 Å². The first-order valence-electron chi connectivity index (χ1n) is 9.24. The number of nitrogens with one attached hydrogen (secondary N) is 1. The average molecular weight is 421 g/mol. The molecular formula is C21H28N2O5S. The van der Waals surface area contributed by atoms with Crippen molar-refractivity contribution in [3.8, 4) is 11.5 Å². The summed E-state index contributed by atoms with van der Waals surface area (Å²) in [6.45, 7) is 7.19. The molecule has 158 valence electrons. The molecule has 2 aromatic carbocycles. The summed E-state index contributed by atoms with van der Waals surface area (Å²) in [5.41, 5.74) is 1.68. The summed E-state index contributed by atoms with van der Waals surface area (Å²) >= 11 is 0. The van der Waals surface area contributed by atoms with Crippen LogP contribution >= 0.6 is 0 Å². The summed E-state index contributed by atoms with van der Waals surface area (Å²) < 4.78 is 37.1. The van der Waals surface area contributed by atoms with Crippen LogP contribution in [-0.2, 0) is 14.8 Å². The van der Waals surface area contributed by atoms with Crippen molar-refractivity contribution in [2.45, 2.75) is 39.8 Å². The van der Waals surface area contributed by atoms with Crippen molar-refractivity contribution >= 4 is 27.3 Å². The summed E-state index contributed by atoms with van der Waals surface area (Å²) in [5.74, 6) is 0.513. The van der Waals surface area contributed by atoms with Crippen molar-refractivity contribution in [2.75, 3.05) is 23.0 Å². The molecule has 0 fully saturated rings. The van der Waals surface area contributed by atoms with E-state index in [2.05, 4.69) is 5.32 Å². The van der Waals surface area contributed by atoms with E-state index in [9.17, 15) is 13.2 Å². The number of carbonyl (C=O) groups is 1. The summed E-state index contributed by atoms with van der Waals surface area (Å²) in [5, 5.41) is 2.76. The zero-order valence-electron chi connectivity index (χ0n) is 17.6. The van der Waals surface area contributed by atoms with Crippen molar-refractivity contribution in [1.82, 2.24) is 0 Å². The number of hydrogen-bond donors (Lipinski definition) is 1. The Morgan fingerprint density at radius 2 is 1.79 bits per heavy atom. The van der Waals surface area contributed by atoms with Gasteiger partial charge in [0.2, 0.25) is 15.9 Å². The highest BCUT2D eigenvalue weighted by molar-refractivity contribution is 7.92. The second kappa shape index (κ2) is 9.17. The fraction of sp³-hybridized carbons (Fsp3) is 0.381. The zero-order valence-corrected chi connectivity index (χ0v) is 18.4. The van der Waals surface area contributed by atoms with Gasteiger partial charge in [0.15, 0.2) is 0 Å². The molecule has 2 aromatic rings. The summed E-state index contributed by atoms with van der Waals surface area (Å²) in [7, 11) is -2.30. The van der Waals surface area contributed by atoms with Crippen molar-refractivity contribution in [2.24, 2.45) is 0 Å². The fourth-order valence-corrected chi connectivity index (χ4v) is 4.09. The average Bonchev–Trinajstić information content (AvgIpc) is 2.60. The standard InChI is InChI=1S/C21H28N2O5S/c1-14(2)28-18-9-7-8-17(13-18)22-21(24)16(4)23(29(6,25)26)19-12-15(3)10-11-20(19)27-5/h7-14,16H,1-6H3,(H,22,24)/t16-/m1/s1. The van der Waals surface area contributed by atoms with Gasteiger partial charge in [-0.05, 0) is 57.5 Å². The lowest BCUT2D eigenvalue weighted by Crippen LogP contribution is -2.45. The Morgan fingerprint density at radius 3 is 2.38 bits per heavy atom. The topological polar surface area (TPSA) is 84.9 Å². The minimum absolute atomic E-state index is 0.00520. The second-order valence-electron chi connectivity index (χ2n) is 7.09. The Morgan fingerprint density at radius 1 is 1.10 bits per heavy atom. The molecule has 0 aromatic heterocycles. The molecule has 0 aliphatic heterocycles. The largest absolute Gasteiger partial charge is 0.495 e. The van der Waals surface area contributed by atoms with Gasteiger partial charge in [-0.1, -0.05) is 12.1 Å². The number of hydrogen-bond acceptors (Lipinski definition) is 5. The van der Waals surface area contributed by atoms with E-state index >= 15 is 0 Å². The number of ether oxygens (including phenoxy) is 2. The predicted molar refractivity (Wildman–Crippen MR) is 115 cm³/mol. The Kier molecular flexibility index (Phi) is 7.13. The van der Waals surface area contributed by atoms with E-state index in [0.717, 1.165) is 16.1 Å². The molecule has 0 saturated heterocycles. The van der Waals surface area contributed by atoms with E-state index in [1.807, 2.05) is 26.8 Å². The minimum atomic E-state index is -3.76. The van der Waals surface area contributed by atoms with Gasteiger partial charge in [0, 0.05) is 11.8 Å². The van der Waals surface area contributed by atoms with Crippen LogP contribution in [0.15, 0.2) is 42.5 Å². The van der Waals surface area contributed by atoms with Crippen LogP contribution in [0, 0.1) is 6.92 Å². The van der Waals surface area contributed by atoms with Gasteiger partial charge in [-0.3, -0.25) is 9.10 Å². The molecule has 2 rings (SSSR count). The molecule has 0 saturated carbocycles. The first kappa shape index (κ1) is 22.5. The van der Waals surface area contributed by atoms with Crippen LogP contribution in [-0.4, -0.2) is 39.8 Å². The van der Waals surface area contributed by atoms with Crippen LogP contribution in [0.25, 0.3) is 0 Å². The molecule has 0 radical (unpaired) electrons. The molecule has 0 aliphatic carbocycles. The van der Waals surface area contributed by atoms with E-state index < -0.39 is 22.0 Å². The van der Waals surface area contributed by atoms with E-state index in [4.69, 9.17) is 9.47 Å². The third-order valence-corrected chi connectivity index (χ3v) is 5.36. The molecular weight excluding hydrogens is 392 g/mol. The van der Waals surface area contributed by atoms with E-state index in [1.165, 1.54) is 14.0 Å². The monoisotopic (exact) mass is 420 g/mol. The normalized spacial score (nSPS) is 12.4. The maximum Gasteiger partial charge on any atom is 0.247 e. The molecule has 0 spiro atoms. The van der Waals surface area contributed by atoms with Gasteiger partial charge in [-0.2, -0.15) is 0 Å². The third-order valence-electron chi connectivity index (χ3n) is 4.13. The number of aryl methyl sites for hydroxylation is 1. The van der Waals surface area contributed by atoms with E-state index in [0.29, 0.717) is 22.9 Å². The molecule has 8 heteroatoms. The SMILES string of the molecule is COc1ccc(C)cc1N([C@H](C)C(=O)Nc1cccc(OC(C)C)c1)S(C)(=O)=O. The lowest BCUT2D eigenvalue weighted by molar-refractivity contribution is -0.116. The van der Waals surface area contributed by atoms with E-state index in [-0.39, 0.29) is 6.10 Å². The van der Waals surface area contributed by atoms with Gasteiger partial charge in [0.05, 0.1) is 25.2 Å². The molecule has 0 unspecified atom stereocenters. The van der Waals surface area contributed by atoms with Crippen molar-refractivity contribution < 1.29 is 22.7 Å². The first-order chi connectivity index (χ1) is 13.5. The number of benzene rings is 2. The number of anilines is 2. The van der Waals surface area contributed by atoms with Crippen molar-refractivity contribution in [3.63, 3.8) is 0 Å². The highest BCUT2D eigenvalue weighted by Gasteiger charge is 2.31. The number of nitrogens with zero attached hydrogens (tertiary/aromatic N) is 1. The highest BCUT2D eigenvalue weighted by atomic mass is 32.2. The molecule has 0 heterocycles. The molecule has 29 heavy (non-hydrogen) atoms. The van der Waals surface area contributed by atoms with Crippen LogP contribution in [0.5, 0.6) is 11.5 Å². The maximum atomic E-state index is 12.9. The van der Waals surface area contributed by atoms with Gasteiger partial charge in [0.25, 0.3) is 0 Å². The number of sulfonamides is 1. The molecule has 0 bridgehead atoms. The third kappa shape index (κ3) is 5.87. The van der Waals surface area contributed by atoms with Gasteiger partial charge in [0.1, 0.15) is 17.5 Å². The van der Waals surface area contributed by atoms with Gasteiger partial charge in [-0.25, -0.2) is 8.42 Å². The van der Waals surface area contributed by atoms with E-state index in [1.54, 1.807) is 36.4 Å². The summed E-state index contributed by atoms with van der Waals surface area (Å²) in [6.07, 6.45) is 1.06. The zero-order chi connectivity index (χ0) is 21.8. The number of carbonyl (C=O) groups excluding carboxylic acids is 1.